The van der Waals surface area contributed by atoms with E-state index in [1.54, 1.807) is 32.2 Å². The van der Waals surface area contributed by atoms with Gasteiger partial charge in [-0.05, 0) is 38.0 Å². The van der Waals surface area contributed by atoms with Gasteiger partial charge in [0, 0.05) is 31.6 Å². The number of hydrogen-bond acceptors (Lipinski definition) is 6. The molecule has 2 aliphatic rings. The van der Waals surface area contributed by atoms with Crippen LogP contribution in [0.5, 0.6) is 11.5 Å². The Kier molecular flexibility index (Phi) is 4.84. The fourth-order valence-corrected chi connectivity index (χ4v) is 5.92. The number of halogens is 1. The van der Waals surface area contributed by atoms with Crippen molar-refractivity contribution in [2.75, 3.05) is 19.9 Å². The standard InChI is InChI=1S/C18H20ClN3O5S/c1-11-17(18(19)21(2)20-11)28(24,25)22-7-3-4-13(9-22)16(23)12-5-6-14-15(8-12)27-10-26-14/h5-6,8,13H,3-4,7,9-10H2,1-2H3/t13-/m0/s1. The van der Waals surface area contributed by atoms with Crippen LogP contribution >= 0.6 is 11.6 Å². The molecular weight excluding hydrogens is 406 g/mol. The summed E-state index contributed by atoms with van der Waals surface area (Å²) in [6.45, 7) is 2.20. The van der Waals surface area contributed by atoms with Crippen LogP contribution < -0.4 is 9.47 Å². The van der Waals surface area contributed by atoms with Crippen LogP contribution in [0.2, 0.25) is 5.15 Å². The first-order valence-electron chi connectivity index (χ1n) is 8.92. The highest BCUT2D eigenvalue weighted by Gasteiger charge is 2.37. The van der Waals surface area contributed by atoms with Gasteiger partial charge in [-0.3, -0.25) is 9.48 Å². The molecule has 28 heavy (non-hydrogen) atoms. The number of hydrogen-bond donors (Lipinski definition) is 0. The number of benzene rings is 1. The Labute approximate surface area is 168 Å². The molecule has 2 aromatic rings. The number of ether oxygens (including phenoxy) is 2. The topological polar surface area (TPSA) is 90.7 Å². The highest BCUT2D eigenvalue weighted by molar-refractivity contribution is 7.89. The summed E-state index contributed by atoms with van der Waals surface area (Å²) in [6.07, 6.45) is 1.22. The highest BCUT2D eigenvalue weighted by atomic mass is 35.5. The van der Waals surface area contributed by atoms with Gasteiger partial charge in [0.2, 0.25) is 16.8 Å². The summed E-state index contributed by atoms with van der Waals surface area (Å²) in [5, 5.41) is 4.16. The summed E-state index contributed by atoms with van der Waals surface area (Å²) >= 11 is 6.17. The predicted octanol–water partition coefficient (Wildman–Crippen LogP) is 2.39. The molecule has 0 saturated carbocycles. The lowest BCUT2D eigenvalue weighted by molar-refractivity contribution is 0.0872. The van der Waals surface area contributed by atoms with Gasteiger partial charge in [-0.25, -0.2) is 8.42 Å². The first-order valence-corrected chi connectivity index (χ1v) is 10.7. The van der Waals surface area contributed by atoms with E-state index in [4.69, 9.17) is 21.1 Å². The number of rotatable bonds is 4. The predicted molar refractivity (Wildman–Crippen MR) is 101 cm³/mol. The fraction of sp³-hybridized carbons (Fsp3) is 0.444. The van der Waals surface area contributed by atoms with Gasteiger partial charge in [0.05, 0.1) is 5.69 Å². The third kappa shape index (κ3) is 3.17. The Morgan fingerprint density at radius 3 is 2.75 bits per heavy atom. The van der Waals surface area contributed by atoms with Crippen molar-refractivity contribution in [2.45, 2.75) is 24.7 Å². The van der Waals surface area contributed by atoms with E-state index in [0.717, 1.165) is 0 Å². The highest BCUT2D eigenvalue weighted by Crippen LogP contribution is 2.35. The first-order chi connectivity index (χ1) is 13.3. The average Bonchev–Trinajstić information content (AvgIpc) is 3.24. The van der Waals surface area contributed by atoms with Crippen molar-refractivity contribution in [3.63, 3.8) is 0 Å². The van der Waals surface area contributed by atoms with E-state index in [9.17, 15) is 13.2 Å². The zero-order valence-corrected chi connectivity index (χ0v) is 17.1. The van der Waals surface area contributed by atoms with Gasteiger partial charge < -0.3 is 9.47 Å². The summed E-state index contributed by atoms with van der Waals surface area (Å²) in [5.41, 5.74) is 0.834. The molecule has 0 bridgehead atoms. The van der Waals surface area contributed by atoms with Crippen molar-refractivity contribution in [3.8, 4) is 11.5 Å². The number of carbonyl (C=O) groups is 1. The van der Waals surface area contributed by atoms with Crippen LogP contribution in [0, 0.1) is 12.8 Å². The second-order valence-electron chi connectivity index (χ2n) is 6.96. The van der Waals surface area contributed by atoms with Crippen molar-refractivity contribution >= 4 is 27.4 Å². The third-order valence-electron chi connectivity index (χ3n) is 5.11. The van der Waals surface area contributed by atoms with E-state index >= 15 is 0 Å². The van der Waals surface area contributed by atoms with Crippen molar-refractivity contribution in [1.82, 2.24) is 14.1 Å². The summed E-state index contributed by atoms with van der Waals surface area (Å²) in [4.78, 5) is 13.0. The van der Waals surface area contributed by atoms with Gasteiger partial charge in [0.15, 0.2) is 17.3 Å². The van der Waals surface area contributed by atoms with Gasteiger partial charge in [-0.2, -0.15) is 9.40 Å². The van der Waals surface area contributed by atoms with Crippen LogP contribution in [0.25, 0.3) is 0 Å². The van der Waals surface area contributed by atoms with Crippen molar-refractivity contribution in [1.29, 1.82) is 0 Å². The van der Waals surface area contributed by atoms with Gasteiger partial charge >= 0.3 is 0 Å². The molecule has 3 heterocycles. The van der Waals surface area contributed by atoms with Gasteiger partial charge in [0.1, 0.15) is 10.0 Å². The SMILES string of the molecule is Cc1nn(C)c(Cl)c1S(=O)(=O)N1CCC[C@H](C(=O)c2ccc3c(c2)OCO3)C1. The largest absolute Gasteiger partial charge is 0.454 e. The molecule has 1 fully saturated rings. The Morgan fingerprint density at radius 1 is 1.29 bits per heavy atom. The molecule has 150 valence electrons. The third-order valence-corrected chi connectivity index (χ3v) is 7.67. The number of Topliss-reactive ketones (excluding diaryl/α,β-unsaturated/α-hetero) is 1. The van der Waals surface area contributed by atoms with E-state index in [-0.39, 0.29) is 29.2 Å². The maximum absolute atomic E-state index is 13.1. The molecule has 4 rings (SSSR count). The Morgan fingerprint density at radius 2 is 2.04 bits per heavy atom. The summed E-state index contributed by atoms with van der Waals surface area (Å²) < 4.78 is 39.6. The number of aryl methyl sites for hydroxylation is 2. The van der Waals surface area contributed by atoms with E-state index in [1.807, 2.05) is 0 Å². The summed E-state index contributed by atoms with van der Waals surface area (Å²) in [7, 11) is -2.25. The van der Waals surface area contributed by atoms with E-state index in [0.29, 0.717) is 42.1 Å². The zero-order chi connectivity index (χ0) is 20.1. The van der Waals surface area contributed by atoms with E-state index in [1.165, 1.54) is 8.99 Å². The molecular formula is C18H20ClN3O5S. The molecule has 2 aliphatic heterocycles. The Balaban J connectivity index is 1.58. The molecule has 1 saturated heterocycles. The van der Waals surface area contributed by atoms with E-state index < -0.39 is 15.9 Å². The number of sulfonamides is 1. The number of carbonyl (C=O) groups excluding carboxylic acids is 1. The maximum atomic E-state index is 13.1. The second kappa shape index (κ2) is 7.06. The molecule has 0 spiro atoms. The lowest BCUT2D eigenvalue weighted by atomic mass is 9.91. The average molecular weight is 426 g/mol. The molecule has 0 radical (unpaired) electrons. The minimum absolute atomic E-state index is 0.00726. The summed E-state index contributed by atoms with van der Waals surface area (Å²) in [5.74, 6) is 0.599. The van der Waals surface area contributed by atoms with Crippen LogP contribution in [0.3, 0.4) is 0 Å². The normalized spacial score (nSPS) is 19.8. The Hall–Kier alpha value is -2.10. The van der Waals surface area contributed by atoms with Crippen LogP contribution in [-0.4, -0.2) is 48.2 Å². The molecule has 0 unspecified atom stereocenters. The number of aromatic nitrogens is 2. The molecule has 1 atom stereocenters. The second-order valence-corrected chi connectivity index (χ2v) is 9.20. The lowest BCUT2D eigenvalue weighted by Gasteiger charge is -2.31. The van der Waals surface area contributed by atoms with E-state index in [2.05, 4.69) is 5.10 Å². The van der Waals surface area contributed by atoms with Gasteiger partial charge in [-0.15, -0.1) is 0 Å². The first kappa shape index (κ1) is 19.2. The quantitative estimate of drug-likeness (QED) is 0.698. The van der Waals surface area contributed by atoms with Crippen LogP contribution in [-0.2, 0) is 17.1 Å². The van der Waals surface area contributed by atoms with Gasteiger partial charge in [-0.1, -0.05) is 11.6 Å². The molecule has 10 heteroatoms. The number of piperidine rings is 1. The monoisotopic (exact) mass is 425 g/mol. The minimum atomic E-state index is -3.84. The molecule has 1 aromatic carbocycles. The van der Waals surface area contributed by atoms with Crippen molar-refractivity contribution in [3.05, 3.63) is 34.6 Å². The molecule has 8 nitrogen and oxygen atoms in total. The molecule has 1 aromatic heterocycles. The van der Waals surface area contributed by atoms with Crippen LogP contribution in [0.4, 0.5) is 0 Å². The van der Waals surface area contributed by atoms with Crippen LogP contribution in [0.1, 0.15) is 28.9 Å². The van der Waals surface area contributed by atoms with Crippen molar-refractivity contribution < 1.29 is 22.7 Å². The minimum Gasteiger partial charge on any atom is -0.454 e. The zero-order valence-electron chi connectivity index (χ0n) is 15.5. The number of fused-ring (bicyclic) bond motifs is 1. The smallest absolute Gasteiger partial charge is 0.248 e. The molecule has 0 amide bonds. The maximum Gasteiger partial charge on any atom is 0.248 e. The molecule has 0 N–H and O–H groups in total. The fourth-order valence-electron chi connectivity index (χ4n) is 3.69. The van der Waals surface area contributed by atoms with Crippen LogP contribution in [0.15, 0.2) is 23.1 Å². The van der Waals surface area contributed by atoms with Gasteiger partial charge in [0.25, 0.3) is 0 Å². The van der Waals surface area contributed by atoms with Crippen molar-refractivity contribution in [2.24, 2.45) is 13.0 Å². The summed E-state index contributed by atoms with van der Waals surface area (Å²) in [6, 6.07) is 5.04. The number of ketones is 1. The molecule has 0 aliphatic carbocycles. The Bertz CT molecular complexity index is 1050. The lowest BCUT2D eigenvalue weighted by Crippen LogP contribution is -2.42. The number of nitrogens with zero attached hydrogens (tertiary/aromatic N) is 3.